The van der Waals surface area contributed by atoms with Crippen LogP contribution >= 0.6 is 0 Å². The highest BCUT2D eigenvalue weighted by Crippen LogP contribution is 2.32. The molecule has 23 heavy (non-hydrogen) atoms. The van der Waals surface area contributed by atoms with Crippen LogP contribution in [-0.4, -0.2) is 20.5 Å². The van der Waals surface area contributed by atoms with Gasteiger partial charge in [-0.3, -0.25) is 9.89 Å². The molecule has 0 aliphatic heterocycles. The van der Waals surface area contributed by atoms with Gasteiger partial charge < -0.3 is 11.1 Å². The van der Waals surface area contributed by atoms with Gasteiger partial charge in [-0.25, -0.2) is 9.50 Å². The number of rotatable bonds is 3. The highest BCUT2D eigenvalue weighted by Gasteiger charge is 2.26. The normalized spacial score (nSPS) is 11.8. The molecule has 0 unspecified atom stereocenters. The van der Waals surface area contributed by atoms with Crippen LogP contribution < -0.4 is 11.1 Å². The van der Waals surface area contributed by atoms with Crippen LogP contribution in [0.1, 0.15) is 42.4 Å². The molecular weight excluding hydrogens is 290 g/mol. The Labute approximate surface area is 134 Å². The minimum Gasteiger partial charge on any atom is -0.365 e. The number of aromatic nitrogens is 3. The molecular formula is C17H21N5O. The van der Waals surface area contributed by atoms with Crippen LogP contribution in [-0.2, 0) is 5.41 Å². The van der Waals surface area contributed by atoms with Gasteiger partial charge in [-0.05, 0) is 19.1 Å². The van der Waals surface area contributed by atoms with Gasteiger partial charge in [-0.15, -0.1) is 0 Å². The van der Waals surface area contributed by atoms with Gasteiger partial charge >= 0.3 is 0 Å². The molecule has 1 amide bonds. The molecule has 2 heterocycles. The number of nitrogens with zero attached hydrogens (tertiary/aromatic N) is 2. The number of nitrogens with two attached hydrogens (primary N) is 1. The Balaban J connectivity index is 2.16. The largest absolute Gasteiger partial charge is 0.365 e. The number of H-pyrrole nitrogens is 1. The molecule has 3 aromatic rings. The number of primary amides is 1. The van der Waals surface area contributed by atoms with Gasteiger partial charge in [0.25, 0.3) is 5.91 Å². The van der Waals surface area contributed by atoms with Crippen LogP contribution in [0.15, 0.2) is 30.5 Å². The molecule has 0 aliphatic rings. The van der Waals surface area contributed by atoms with Crippen LogP contribution in [0.2, 0.25) is 0 Å². The summed E-state index contributed by atoms with van der Waals surface area (Å²) in [5, 5.41) is 6.45. The number of hydrogen-bond acceptors (Lipinski definition) is 3. The highest BCUT2D eigenvalue weighted by molar-refractivity contribution is 5.99. The summed E-state index contributed by atoms with van der Waals surface area (Å²) in [6.45, 7) is 8.29. The SMILES string of the molecule is Cc1ccc(Nc2c(C(C)(C)C)nc3c(C(N)=O)c[nH]n23)cc1. The Morgan fingerprint density at radius 1 is 1.26 bits per heavy atom. The molecule has 0 saturated heterocycles. The van der Waals surface area contributed by atoms with Crippen molar-refractivity contribution in [3.05, 3.63) is 47.3 Å². The number of aromatic amines is 1. The number of aryl methyl sites for hydroxylation is 1. The average Bonchev–Trinajstić information content (AvgIpc) is 3.00. The first-order valence-electron chi connectivity index (χ1n) is 7.51. The molecule has 0 atom stereocenters. The summed E-state index contributed by atoms with van der Waals surface area (Å²) in [6.07, 6.45) is 1.58. The van der Waals surface area contributed by atoms with E-state index in [4.69, 9.17) is 5.73 Å². The fourth-order valence-electron chi connectivity index (χ4n) is 2.51. The molecule has 0 spiro atoms. The third-order valence-corrected chi connectivity index (χ3v) is 3.75. The molecule has 120 valence electrons. The zero-order valence-corrected chi connectivity index (χ0v) is 13.8. The molecule has 3 rings (SSSR count). The molecule has 6 nitrogen and oxygen atoms in total. The first kappa shape index (κ1) is 15.1. The van der Waals surface area contributed by atoms with Gasteiger partial charge in [0, 0.05) is 17.3 Å². The fourth-order valence-corrected chi connectivity index (χ4v) is 2.51. The maximum absolute atomic E-state index is 11.6. The fraction of sp³-hybridized carbons (Fsp3) is 0.294. The summed E-state index contributed by atoms with van der Waals surface area (Å²) in [5.74, 6) is 0.312. The van der Waals surface area contributed by atoms with Crippen LogP contribution in [0.3, 0.4) is 0 Å². The highest BCUT2D eigenvalue weighted by atomic mass is 16.1. The lowest BCUT2D eigenvalue weighted by Crippen LogP contribution is -2.15. The van der Waals surface area contributed by atoms with Crippen LogP contribution in [0.5, 0.6) is 0 Å². The summed E-state index contributed by atoms with van der Waals surface area (Å²) in [6, 6.07) is 8.11. The first-order chi connectivity index (χ1) is 10.8. The minimum absolute atomic E-state index is 0.186. The number of anilines is 2. The molecule has 6 heteroatoms. The van der Waals surface area contributed by atoms with Gasteiger partial charge in [-0.2, -0.15) is 0 Å². The minimum atomic E-state index is -0.497. The number of benzene rings is 1. The summed E-state index contributed by atoms with van der Waals surface area (Å²) in [4.78, 5) is 16.2. The maximum Gasteiger partial charge on any atom is 0.254 e. The van der Waals surface area contributed by atoms with E-state index < -0.39 is 5.91 Å². The third kappa shape index (κ3) is 2.67. The van der Waals surface area contributed by atoms with E-state index in [-0.39, 0.29) is 5.41 Å². The number of carbonyl (C=O) groups is 1. The smallest absolute Gasteiger partial charge is 0.254 e. The Bertz CT molecular complexity index is 865. The lowest BCUT2D eigenvalue weighted by molar-refractivity contribution is 0.100. The van der Waals surface area contributed by atoms with Crippen molar-refractivity contribution in [1.29, 1.82) is 0 Å². The van der Waals surface area contributed by atoms with Crippen LogP contribution in [0.4, 0.5) is 11.5 Å². The molecule has 4 N–H and O–H groups in total. The molecule has 0 fully saturated rings. The number of fused-ring (bicyclic) bond motifs is 1. The molecule has 0 saturated carbocycles. The van der Waals surface area contributed by atoms with Crippen molar-refractivity contribution in [2.75, 3.05) is 5.32 Å². The lowest BCUT2D eigenvalue weighted by Gasteiger charge is -2.18. The summed E-state index contributed by atoms with van der Waals surface area (Å²) in [7, 11) is 0. The lowest BCUT2D eigenvalue weighted by atomic mass is 9.92. The van der Waals surface area contributed by atoms with Crippen molar-refractivity contribution in [2.45, 2.75) is 33.1 Å². The Morgan fingerprint density at radius 3 is 2.48 bits per heavy atom. The zero-order chi connectivity index (χ0) is 16.8. The summed E-state index contributed by atoms with van der Waals surface area (Å²) in [5.41, 5.74) is 9.18. The van der Waals surface area contributed by atoms with E-state index >= 15 is 0 Å². The second-order valence-electron chi connectivity index (χ2n) is 6.76. The van der Waals surface area contributed by atoms with Gasteiger partial charge in [0.05, 0.1) is 5.69 Å². The van der Waals surface area contributed by atoms with E-state index in [1.807, 2.05) is 31.2 Å². The molecule has 0 bridgehead atoms. The van der Waals surface area contributed by atoms with Crippen molar-refractivity contribution in [1.82, 2.24) is 14.6 Å². The second-order valence-corrected chi connectivity index (χ2v) is 6.76. The molecule has 0 aliphatic carbocycles. The number of nitrogens with one attached hydrogen (secondary N) is 2. The first-order valence-corrected chi connectivity index (χ1v) is 7.51. The van der Waals surface area contributed by atoms with E-state index in [0.29, 0.717) is 11.2 Å². The van der Waals surface area contributed by atoms with Gasteiger partial charge in [-0.1, -0.05) is 38.5 Å². The standard InChI is InChI=1S/C17H21N5O/c1-10-5-7-11(8-6-10)20-16-13(17(2,3)4)21-15-12(14(18)23)9-19-22(15)16/h5-9,19-20H,1-4H3,(H2,18,23). The zero-order valence-electron chi connectivity index (χ0n) is 13.8. The van der Waals surface area contributed by atoms with Crippen molar-refractivity contribution in [3.8, 4) is 0 Å². The Hall–Kier alpha value is -2.76. The second kappa shape index (κ2) is 5.15. The predicted octanol–water partition coefficient (Wildman–Crippen LogP) is 3.11. The number of hydrogen-bond donors (Lipinski definition) is 3. The molecule has 0 radical (unpaired) electrons. The van der Waals surface area contributed by atoms with Crippen LogP contribution in [0.25, 0.3) is 5.65 Å². The van der Waals surface area contributed by atoms with E-state index in [9.17, 15) is 4.79 Å². The van der Waals surface area contributed by atoms with Crippen LogP contribution in [0, 0.1) is 6.92 Å². The third-order valence-electron chi connectivity index (χ3n) is 3.75. The van der Waals surface area contributed by atoms with Gasteiger partial charge in [0.15, 0.2) is 11.5 Å². The van der Waals surface area contributed by atoms with E-state index in [1.54, 1.807) is 10.7 Å². The van der Waals surface area contributed by atoms with Crippen molar-refractivity contribution >= 4 is 23.1 Å². The van der Waals surface area contributed by atoms with E-state index in [2.05, 4.69) is 36.2 Å². The van der Waals surface area contributed by atoms with Gasteiger partial charge in [0.2, 0.25) is 0 Å². The quantitative estimate of drug-likeness (QED) is 0.694. The van der Waals surface area contributed by atoms with Crippen molar-refractivity contribution < 1.29 is 4.79 Å². The Kier molecular flexibility index (Phi) is 3.39. The molecule has 1 aromatic carbocycles. The predicted molar refractivity (Wildman–Crippen MR) is 91.2 cm³/mol. The monoisotopic (exact) mass is 311 g/mol. The number of imidazole rings is 1. The number of carbonyl (C=O) groups excluding carboxylic acids is 1. The van der Waals surface area contributed by atoms with Gasteiger partial charge in [0.1, 0.15) is 5.56 Å². The molecule has 2 aromatic heterocycles. The van der Waals surface area contributed by atoms with E-state index in [0.717, 1.165) is 17.2 Å². The van der Waals surface area contributed by atoms with Crippen molar-refractivity contribution in [3.63, 3.8) is 0 Å². The van der Waals surface area contributed by atoms with E-state index in [1.165, 1.54) is 5.56 Å². The topological polar surface area (TPSA) is 88.2 Å². The average molecular weight is 311 g/mol. The Morgan fingerprint density at radius 2 is 1.91 bits per heavy atom. The maximum atomic E-state index is 11.6. The van der Waals surface area contributed by atoms with Crippen molar-refractivity contribution in [2.24, 2.45) is 5.73 Å². The summed E-state index contributed by atoms with van der Waals surface area (Å²) < 4.78 is 1.76. The summed E-state index contributed by atoms with van der Waals surface area (Å²) >= 11 is 0. The number of amides is 1.